The number of aliphatic carboxylic acids is 2. The van der Waals surface area contributed by atoms with Crippen LogP contribution < -0.4 is 27.4 Å². The quantitative estimate of drug-likeness (QED) is 0.140. The van der Waals surface area contributed by atoms with Crippen LogP contribution in [0, 0.1) is 0 Å². The van der Waals surface area contributed by atoms with Crippen molar-refractivity contribution in [2.45, 2.75) is 56.7 Å². The Hall–Kier alpha value is -3.51. The minimum Gasteiger partial charge on any atom is -0.481 e. The predicted octanol–water partition coefficient (Wildman–Crippen LogP) is -1.28. The second kappa shape index (κ2) is 15.3. The van der Waals surface area contributed by atoms with Crippen molar-refractivity contribution in [2.24, 2.45) is 11.5 Å². The van der Waals surface area contributed by atoms with E-state index in [1.165, 1.54) is 0 Å². The minimum atomic E-state index is -1.41. The third-order valence-electron chi connectivity index (χ3n) is 4.93. The molecule has 3 amide bonds. The van der Waals surface area contributed by atoms with Gasteiger partial charge < -0.3 is 37.6 Å². The van der Waals surface area contributed by atoms with Gasteiger partial charge in [-0.25, -0.2) is 4.79 Å². The summed E-state index contributed by atoms with van der Waals surface area (Å²) in [5.74, 6) is -4.57. The van der Waals surface area contributed by atoms with Crippen molar-refractivity contribution in [3.05, 3.63) is 35.9 Å². The lowest BCUT2D eigenvalue weighted by Crippen LogP contribution is -2.54. The maximum absolute atomic E-state index is 12.7. The second-order valence-electron chi connectivity index (χ2n) is 7.75. The van der Waals surface area contributed by atoms with Gasteiger partial charge in [-0.2, -0.15) is 0 Å². The molecule has 1 aromatic carbocycles. The molecule has 34 heavy (non-hydrogen) atoms. The molecule has 188 valence electrons. The van der Waals surface area contributed by atoms with Crippen LogP contribution in [0.1, 0.15) is 37.7 Å². The Morgan fingerprint density at radius 3 is 2.15 bits per heavy atom. The Morgan fingerprint density at radius 1 is 0.882 bits per heavy atom. The standard InChI is InChI=1S/C22H33N5O7/c23-11-5-4-8-15(24)20(31)27-17(12-14-6-2-1-3-7-14)21(32)25-13-18(28)26-16(22(33)34)9-10-19(29)30/h1-3,6-7,15-17H,4-5,8-13,23-24H2,(H,25,32)(H,26,28)(H,27,31)(H,29,30)(H,33,34)/t15-,16-,17-/m0/s1. The summed E-state index contributed by atoms with van der Waals surface area (Å²) in [5, 5.41) is 25.0. The minimum absolute atomic E-state index is 0.145. The fourth-order valence-electron chi connectivity index (χ4n) is 3.04. The van der Waals surface area contributed by atoms with E-state index in [1.807, 2.05) is 0 Å². The monoisotopic (exact) mass is 479 g/mol. The van der Waals surface area contributed by atoms with Gasteiger partial charge in [-0.15, -0.1) is 0 Å². The number of carboxylic acid groups (broad SMARTS) is 2. The van der Waals surface area contributed by atoms with E-state index in [0.29, 0.717) is 25.8 Å². The van der Waals surface area contributed by atoms with Gasteiger partial charge in [0.15, 0.2) is 0 Å². The molecule has 12 heteroatoms. The summed E-state index contributed by atoms with van der Waals surface area (Å²) < 4.78 is 0. The van der Waals surface area contributed by atoms with Crippen molar-refractivity contribution >= 4 is 29.7 Å². The summed E-state index contributed by atoms with van der Waals surface area (Å²) in [4.78, 5) is 59.2. The topological polar surface area (TPSA) is 214 Å². The molecule has 3 atom stereocenters. The largest absolute Gasteiger partial charge is 0.481 e. The Labute approximate surface area is 197 Å². The SMILES string of the molecule is NCCCC[C@H](N)C(=O)N[C@@H](Cc1ccccc1)C(=O)NCC(=O)N[C@@H](CCC(=O)O)C(=O)O. The Balaban J connectivity index is 2.74. The van der Waals surface area contributed by atoms with Gasteiger partial charge >= 0.3 is 11.9 Å². The third-order valence-corrected chi connectivity index (χ3v) is 4.93. The summed E-state index contributed by atoms with van der Waals surface area (Å²) in [6, 6.07) is 5.66. The highest BCUT2D eigenvalue weighted by Gasteiger charge is 2.25. The molecule has 0 spiro atoms. The van der Waals surface area contributed by atoms with Crippen LogP contribution in [0.15, 0.2) is 30.3 Å². The molecule has 1 aromatic rings. The maximum Gasteiger partial charge on any atom is 0.326 e. The number of benzene rings is 1. The molecule has 1 rings (SSSR count). The first kappa shape index (κ1) is 28.5. The smallest absolute Gasteiger partial charge is 0.326 e. The number of carbonyl (C=O) groups excluding carboxylic acids is 3. The predicted molar refractivity (Wildman–Crippen MR) is 122 cm³/mol. The Kier molecular flexibility index (Phi) is 12.9. The first-order valence-corrected chi connectivity index (χ1v) is 11.0. The van der Waals surface area contributed by atoms with Gasteiger partial charge in [0, 0.05) is 12.8 Å². The van der Waals surface area contributed by atoms with E-state index in [0.717, 1.165) is 5.56 Å². The fraction of sp³-hybridized carbons (Fsp3) is 0.500. The molecule has 0 bridgehead atoms. The van der Waals surface area contributed by atoms with Gasteiger partial charge in [-0.3, -0.25) is 19.2 Å². The van der Waals surface area contributed by atoms with Gasteiger partial charge in [0.2, 0.25) is 17.7 Å². The second-order valence-corrected chi connectivity index (χ2v) is 7.75. The molecule has 12 nitrogen and oxygen atoms in total. The van der Waals surface area contributed by atoms with Gasteiger partial charge in [0.05, 0.1) is 12.6 Å². The lowest BCUT2D eigenvalue weighted by atomic mass is 10.0. The zero-order valence-corrected chi connectivity index (χ0v) is 18.9. The summed E-state index contributed by atoms with van der Waals surface area (Å²) in [5.41, 5.74) is 12.1. The number of unbranched alkanes of at least 4 members (excludes halogenated alkanes) is 1. The number of amides is 3. The molecule has 0 saturated carbocycles. The number of nitrogens with two attached hydrogens (primary N) is 2. The summed E-state index contributed by atoms with van der Waals surface area (Å²) in [6.45, 7) is -0.0755. The molecule has 0 fully saturated rings. The van der Waals surface area contributed by atoms with E-state index in [9.17, 15) is 24.0 Å². The van der Waals surface area contributed by atoms with Gasteiger partial charge in [0.1, 0.15) is 12.1 Å². The molecule has 0 aromatic heterocycles. The molecule has 0 saturated heterocycles. The van der Waals surface area contributed by atoms with Gasteiger partial charge in [0.25, 0.3) is 0 Å². The number of hydrogen-bond donors (Lipinski definition) is 7. The Morgan fingerprint density at radius 2 is 1.56 bits per heavy atom. The zero-order chi connectivity index (χ0) is 25.5. The van der Waals surface area contributed by atoms with Gasteiger partial charge in [-0.1, -0.05) is 36.8 Å². The lowest BCUT2D eigenvalue weighted by Gasteiger charge is -2.21. The van der Waals surface area contributed by atoms with E-state index in [2.05, 4.69) is 16.0 Å². The molecule has 0 aliphatic rings. The third kappa shape index (κ3) is 11.4. The van der Waals surface area contributed by atoms with Crippen molar-refractivity contribution in [3.8, 4) is 0 Å². The van der Waals surface area contributed by atoms with Crippen molar-refractivity contribution < 1.29 is 34.2 Å². The van der Waals surface area contributed by atoms with Crippen LogP contribution in [0.2, 0.25) is 0 Å². The van der Waals surface area contributed by atoms with Crippen LogP contribution >= 0.6 is 0 Å². The molecule has 0 aliphatic heterocycles. The molecular formula is C22H33N5O7. The van der Waals surface area contributed by atoms with Crippen molar-refractivity contribution in [1.29, 1.82) is 0 Å². The van der Waals surface area contributed by atoms with E-state index in [1.54, 1.807) is 30.3 Å². The van der Waals surface area contributed by atoms with Crippen LogP contribution in [0.25, 0.3) is 0 Å². The number of carbonyl (C=O) groups is 5. The molecule has 0 radical (unpaired) electrons. The molecule has 0 aliphatic carbocycles. The highest BCUT2D eigenvalue weighted by molar-refractivity contribution is 5.92. The van der Waals surface area contributed by atoms with Crippen molar-refractivity contribution in [3.63, 3.8) is 0 Å². The van der Waals surface area contributed by atoms with E-state index >= 15 is 0 Å². The summed E-state index contributed by atoms with van der Waals surface area (Å²) in [6.07, 6.45) is 1.17. The average Bonchev–Trinajstić information content (AvgIpc) is 2.80. The van der Waals surface area contributed by atoms with Gasteiger partial charge in [-0.05, 0) is 31.4 Å². The molecule has 0 unspecified atom stereocenters. The highest BCUT2D eigenvalue weighted by Crippen LogP contribution is 2.05. The number of nitrogens with one attached hydrogen (secondary N) is 3. The molecular weight excluding hydrogens is 446 g/mol. The highest BCUT2D eigenvalue weighted by atomic mass is 16.4. The van der Waals surface area contributed by atoms with E-state index in [-0.39, 0.29) is 12.8 Å². The van der Waals surface area contributed by atoms with Crippen LogP contribution in [-0.4, -0.2) is 71.1 Å². The fourth-order valence-corrected chi connectivity index (χ4v) is 3.04. The maximum atomic E-state index is 12.7. The lowest BCUT2D eigenvalue weighted by molar-refractivity contribution is -0.143. The molecule has 0 heterocycles. The van der Waals surface area contributed by atoms with Crippen molar-refractivity contribution in [2.75, 3.05) is 13.1 Å². The van der Waals surface area contributed by atoms with Crippen molar-refractivity contribution in [1.82, 2.24) is 16.0 Å². The van der Waals surface area contributed by atoms with Crippen LogP contribution in [0.3, 0.4) is 0 Å². The number of hydrogen-bond acceptors (Lipinski definition) is 7. The summed E-state index contributed by atoms with van der Waals surface area (Å²) >= 11 is 0. The van der Waals surface area contributed by atoms with E-state index in [4.69, 9.17) is 21.7 Å². The average molecular weight is 480 g/mol. The Bertz CT molecular complexity index is 834. The van der Waals surface area contributed by atoms with Crippen LogP contribution in [-0.2, 0) is 30.4 Å². The summed E-state index contributed by atoms with van der Waals surface area (Å²) in [7, 11) is 0. The zero-order valence-electron chi connectivity index (χ0n) is 18.9. The number of carboxylic acids is 2. The van der Waals surface area contributed by atoms with E-state index < -0.39 is 60.8 Å². The number of rotatable bonds is 16. The first-order valence-electron chi connectivity index (χ1n) is 11.0. The van der Waals surface area contributed by atoms with Crippen LogP contribution in [0.5, 0.6) is 0 Å². The van der Waals surface area contributed by atoms with Crippen LogP contribution in [0.4, 0.5) is 0 Å². The normalized spacial score (nSPS) is 13.2. The first-order chi connectivity index (χ1) is 16.1. The molecule has 9 N–H and O–H groups in total.